The summed E-state index contributed by atoms with van der Waals surface area (Å²) in [7, 11) is 1.60. The number of nitrogens with one attached hydrogen (secondary N) is 1. The van der Waals surface area contributed by atoms with E-state index in [4.69, 9.17) is 10.5 Å². The minimum absolute atomic E-state index is 0.595. The molecular weight excluding hydrogens is 222 g/mol. The van der Waals surface area contributed by atoms with E-state index in [1.165, 1.54) is 0 Å². The van der Waals surface area contributed by atoms with Gasteiger partial charge < -0.3 is 15.8 Å². The summed E-state index contributed by atoms with van der Waals surface area (Å²) in [6.07, 6.45) is 1.70. The molecule has 0 bridgehead atoms. The highest BCUT2D eigenvalue weighted by Gasteiger charge is 2.04. The van der Waals surface area contributed by atoms with E-state index >= 15 is 0 Å². The van der Waals surface area contributed by atoms with Crippen molar-refractivity contribution in [2.24, 2.45) is 0 Å². The van der Waals surface area contributed by atoms with E-state index in [2.05, 4.69) is 10.3 Å². The van der Waals surface area contributed by atoms with Crippen molar-refractivity contribution >= 4 is 22.7 Å². The molecule has 2 aromatic heterocycles. The van der Waals surface area contributed by atoms with Crippen LogP contribution in [-0.2, 0) is 6.54 Å². The Bertz CT molecular complexity index is 470. The molecule has 5 heteroatoms. The molecule has 16 heavy (non-hydrogen) atoms. The summed E-state index contributed by atoms with van der Waals surface area (Å²) in [5.74, 6) is 0.595. The van der Waals surface area contributed by atoms with E-state index in [-0.39, 0.29) is 0 Å². The second-order valence-corrected chi connectivity index (χ2v) is 4.21. The van der Waals surface area contributed by atoms with Crippen molar-refractivity contribution in [1.82, 2.24) is 4.98 Å². The lowest BCUT2D eigenvalue weighted by Crippen LogP contribution is -2.02. The molecule has 2 heterocycles. The Hall–Kier alpha value is -1.75. The molecule has 0 fully saturated rings. The first-order valence-corrected chi connectivity index (χ1v) is 5.74. The number of nitrogens with two attached hydrogens (primary N) is 1. The summed E-state index contributed by atoms with van der Waals surface area (Å²) >= 11 is 1.63. The van der Waals surface area contributed by atoms with Crippen LogP contribution in [0.4, 0.5) is 11.4 Å². The zero-order valence-electron chi connectivity index (χ0n) is 8.93. The molecule has 0 unspecified atom stereocenters. The standard InChI is InChI=1S/C11H13N3OS/c1-15-11-9(3-2-5-13-11)14-7-10-8(12)4-6-16-10/h2-6,14H,7,12H2,1H3. The van der Waals surface area contributed by atoms with Gasteiger partial charge in [0.2, 0.25) is 5.88 Å². The molecule has 0 aromatic carbocycles. The van der Waals surface area contributed by atoms with Gasteiger partial charge in [0.05, 0.1) is 19.3 Å². The first-order chi connectivity index (χ1) is 7.81. The van der Waals surface area contributed by atoms with Crippen LogP contribution in [0, 0.1) is 0 Å². The molecule has 2 rings (SSSR count). The largest absolute Gasteiger partial charge is 0.480 e. The van der Waals surface area contributed by atoms with Crippen LogP contribution in [0.15, 0.2) is 29.8 Å². The normalized spacial score (nSPS) is 10.1. The van der Waals surface area contributed by atoms with Gasteiger partial charge in [-0.1, -0.05) is 0 Å². The van der Waals surface area contributed by atoms with Crippen LogP contribution in [0.5, 0.6) is 5.88 Å². The van der Waals surface area contributed by atoms with E-state index in [9.17, 15) is 0 Å². The maximum absolute atomic E-state index is 5.80. The molecule has 0 aliphatic carbocycles. The molecular formula is C11H13N3OS. The molecule has 0 radical (unpaired) electrons. The van der Waals surface area contributed by atoms with Crippen molar-refractivity contribution < 1.29 is 4.74 Å². The molecule has 0 aliphatic rings. The number of aromatic nitrogens is 1. The minimum Gasteiger partial charge on any atom is -0.480 e. The maximum atomic E-state index is 5.80. The predicted octanol–water partition coefficient (Wildman–Crippen LogP) is 2.35. The number of hydrogen-bond acceptors (Lipinski definition) is 5. The third kappa shape index (κ3) is 2.25. The minimum atomic E-state index is 0.595. The first kappa shape index (κ1) is 10.8. The molecule has 84 valence electrons. The lowest BCUT2D eigenvalue weighted by molar-refractivity contribution is 0.399. The third-order valence-electron chi connectivity index (χ3n) is 2.18. The number of rotatable bonds is 4. The summed E-state index contributed by atoms with van der Waals surface area (Å²) in [6, 6.07) is 5.69. The van der Waals surface area contributed by atoms with Crippen LogP contribution in [0.2, 0.25) is 0 Å². The third-order valence-corrected chi connectivity index (χ3v) is 3.12. The first-order valence-electron chi connectivity index (χ1n) is 4.86. The summed E-state index contributed by atoms with van der Waals surface area (Å²) < 4.78 is 5.14. The zero-order valence-corrected chi connectivity index (χ0v) is 9.75. The smallest absolute Gasteiger partial charge is 0.237 e. The molecule has 3 N–H and O–H groups in total. The summed E-state index contributed by atoms with van der Waals surface area (Å²) in [5.41, 5.74) is 7.49. The Labute approximate surface area is 98.1 Å². The molecule has 0 saturated carbocycles. The lowest BCUT2D eigenvalue weighted by atomic mass is 10.3. The van der Waals surface area contributed by atoms with Crippen molar-refractivity contribution in [3.63, 3.8) is 0 Å². The average Bonchev–Trinajstić information content (AvgIpc) is 2.72. The fourth-order valence-electron chi connectivity index (χ4n) is 1.36. The molecule has 0 aliphatic heterocycles. The molecule has 0 atom stereocenters. The second-order valence-electron chi connectivity index (χ2n) is 3.21. The van der Waals surface area contributed by atoms with E-state index < -0.39 is 0 Å². The monoisotopic (exact) mass is 235 g/mol. The summed E-state index contributed by atoms with van der Waals surface area (Å²) in [6.45, 7) is 0.686. The van der Waals surface area contributed by atoms with Crippen molar-refractivity contribution in [2.75, 3.05) is 18.2 Å². The van der Waals surface area contributed by atoms with Gasteiger partial charge in [-0.05, 0) is 23.6 Å². The van der Waals surface area contributed by atoms with Gasteiger partial charge in [-0.2, -0.15) is 0 Å². The summed E-state index contributed by atoms with van der Waals surface area (Å²) in [4.78, 5) is 5.22. The Morgan fingerprint density at radius 1 is 1.50 bits per heavy atom. The van der Waals surface area contributed by atoms with Crippen LogP contribution < -0.4 is 15.8 Å². The second kappa shape index (κ2) is 4.85. The lowest BCUT2D eigenvalue weighted by Gasteiger charge is -2.09. The number of methoxy groups -OCH3 is 1. The van der Waals surface area contributed by atoms with Crippen molar-refractivity contribution in [1.29, 1.82) is 0 Å². The molecule has 0 spiro atoms. The Morgan fingerprint density at radius 3 is 3.06 bits per heavy atom. The van der Waals surface area contributed by atoms with Crippen molar-refractivity contribution in [3.8, 4) is 5.88 Å². The van der Waals surface area contributed by atoms with E-state index in [1.807, 2.05) is 23.6 Å². The number of nitrogens with zero attached hydrogens (tertiary/aromatic N) is 1. The highest BCUT2D eigenvalue weighted by atomic mass is 32.1. The number of hydrogen-bond donors (Lipinski definition) is 2. The summed E-state index contributed by atoms with van der Waals surface area (Å²) in [5, 5.41) is 5.23. The predicted molar refractivity (Wildman–Crippen MR) is 66.8 cm³/mol. The van der Waals surface area contributed by atoms with Crippen molar-refractivity contribution in [3.05, 3.63) is 34.7 Å². The Balaban J connectivity index is 2.07. The number of pyridine rings is 1. The van der Waals surface area contributed by atoms with Crippen LogP contribution in [0.1, 0.15) is 4.88 Å². The van der Waals surface area contributed by atoms with Crippen molar-refractivity contribution in [2.45, 2.75) is 6.54 Å². The van der Waals surface area contributed by atoms with Gasteiger partial charge in [0, 0.05) is 16.8 Å². The molecule has 4 nitrogen and oxygen atoms in total. The molecule has 2 aromatic rings. The number of nitrogen functional groups attached to an aromatic ring is 1. The highest BCUT2D eigenvalue weighted by Crippen LogP contribution is 2.24. The fourth-order valence-corrected chi connectivity index (χ4v) is 2.10. The van der Waals surface area contributed by atoms with E-state index in [0.717, 1.165) is 16.3 Å². The van der Waals surface area contributed by atoms with Gasteiger partial charge in [-0.3, -0.25) is 0 Å². The van der Waals surface area contributed by atoms with Crippen LogP contribution in [-0.4, -0.2) is 12.1 Å². The number of anilines is 2. The van der Waals surface area contributed by atoms with E-state index in [0.29, 0.717) is 12.4 Å². The van der Waals surface area contributed by atoms with Gasteiger partial charge in [-0.25, -0.2) is 4.98 Å². The zero-order chi connectivity index (χ0) is 11.4. The van der Waals surface area contributed by atoms with Gasteiger partial charge in [-0.15, -0.1) is 11.3 Å². The highest BCUT2D eigenvalue weighted by molar-refractivity contribution is 7.10. The van der Waals surface area contributed by atoms with Crippen LogP contribution in [0.3, 0.4) is 0 Å². The van der Waals surface area contributed by atoms with Gasteiger partial charge in [0.15, 0.2) is 0 Å². The van der Waals surface area contributed by atoms with E-state index in [1.54, 1.807) is 24.6 Å². The quantitative estimate of drug-likeness (QED) is 0.854. The fraction of sp³-hybridized carbons (Fsp3) is 0.182. The van der Waals surface area contributed by atoms with Gasteiger partial charge >= 0.3 is 0 Å². The van der Waals surface area contributed by atoms with Gasteiger partial charge in [0.25, 0.3) is 0 Å². The van der Waals surface area contributed by atoms with Gasteiger partial charge in [0.1, 0.15) is 0 Å². The molecule has 0 saturated heterocycles. The Morgan fingerprint density at radius 2 is 2.38 bits per heavy atom. The number of ether oxygens (including phenoxy) is 1. The average molecular weight is 235 g/mol. The SMILES string of the molecule is COc1ncccc1NCc1sccc1N. The molecule has 0 amide bonds. The van der Waals surface area contributed by atoms with Crippen LogP contribution in [0.25, 0.3) is 0 Å². The number of thiophene rings is 1. The van der Waals surface area contributed by atoms with Crippen LogP contribution >= 0.6 is 11.3 Å². The maximum Gasteiger partial charge on any atom is 0.237 e. The Kier molecular flexibility index (Phi) is 3.26. The topological polar surface area (TPSA) is 60.2 Å².